The first-order chi connectivity index (χ1) is 11.1. The van der Waals surface area contributed by atoms with Gasteiger partial charge in [0.1, 0.15) is 5.60 Å². The van der Waals surface area contributed by atoms with E-state index >= 15 is 0 Å². The average molecular weight is 341 g/mol. The zero-order valence-corrected chi connectivity index (χ0v) is 16.8. The fraction of sp³-hybridized carbons (Fsp3) is 0.950. The number of amides is 1. The molecule has 0 aromatic heterocycles. The molecule has 0 saturated heterocycles. The summed E-state index contributed by atoms with van der Waals surface area (Å²) in [6.45, 7) is 13.8. The highest BCUT2D eigenvalue weighted by atomic mass is 16.6. The third-order valence-electron chi connectivity index (χ3n) is 4.77. The van der Waals surface area contributed by atoms with Gasteiger partial charge in [0.15, 0.2) is 0 Å². The zero-order chi connectivity index (χ0) is 18.2. The topological polar surface area (TPSA) is 50.4 Å². The molecule has 0 radical (unpaired) electrons. The molecule has 0 bridgehead atoms. The maximum atomic E-state index is 11.8. The SMILES string of the molecule is CCCCCC(C)(C)CNC1CCC(NC(=O)OC(C)(C)C)CC1. The molecule has 1 amide bonds. The second-order valence-corrected chi connectivity index (χ2v) is 9.20. The minimum Gasteiger partial charge on any atom is -0.444 e. The van der Waals surface area contributed by atoms with Crippen molar-refractivity contribution in [1.29, 1.82) is 0 Å². The summed E-state index contributed by atoms with van der Waals surface area (Å²) in [7, 11) is 0. The van der Waals surface area contributed by atoms with Gasteiger partial charge in [-0.05, 0) is 58.3 Å². The van der Waals surface area contributed by atoms with E-state index < -0.39 is 5.60 Å². The number of carbonyl (C=O) groups is 1. The van der Waals surface area contributed by atoms with Crippen LogP contribution in [0.15, 0.2) is 0 Å². The summed E-state index contributed by atoms with van der Waals surface area (Å²) >= 11 is 0. The molecule has 0 heterocycles. The van der Waals surface area contributed by atoms with Gasteiger partial charge >= 0.3 is 6.09 Å². The lowest BCUT2D eigenvalue weighted by atomic mass is 9.85. The van der Waals surface area contributed by atoms with Crippen LogP contribution in [0, 0.1) is 5.41 Å². The van der Waals surface area contributed by atoms with Crippen LogP contribution >= 0.6 is 0 Å². The van der Waals surface area contributed by atoms with Crippen molar-refractivity contribution in [2.75, 3.05) is 6.54 Å². The Bertz CT molecular complexity index is 366. The molecule has 1 aliphatic carbocycles. The molecule has 4 heteroatoms. The third kappa shape index (κ3) is 9.51. The van der Waals surface area contributed by atoms with Crippen LogP contribution in [-0.2, 0) is 4.74 Å². The minimum atomic E-state index is -0.424. The first-order valence-corrected chi connectivity index (χ1v) is 9.84. The van der Waals surface area contributed by atoms with E-state index in [1.54, 1.807) is 0 Å². The van der Waals surface area contributed by atoms with E-state index in [9.17, 15) is 4.79 Å². The number of rotatable bonds is 8. The Morgan fingerprint density at radius 1 is 1.00 bits per heavy atom. The molecule has 0 unspecified atom stereocenters. The highest BCUT2D eigenvalue weighted by Crippen LogP contribution is 2.25. The van der Waals surface area contributed by atoms with Crippen LogP contribution in [0.2, 0.25) is 0 Å². The van der Waals surface area contributed by atoms with Gasteiger partial charge in [-0.3, -0.25) is 0 Å². The second-order valence-electron chi connectivity index (χ2n) is 9.20. The molecular formula is C20H40N2O2. The van der Waals surface area contributed by atoms with Crippen LogP contribution in [0.1, 0.15) is 92.9 Å². The standard InChI is InChI=1S/C20H40N2O2/c1-7-8-9-14-20(5,6)15-21-16-10-12-17(13-11-16)22-18(23)24-19(2,3)4/h16-17,21H,7-15H2,1-6H3,(H,22,23). The maximum absolute atomic E-state index is 11.8. The van der Waals surface area contributed by atoms with E-state index in [1.807, 2.05) is 20.8 Å². The Labute approximate surface area is 149 Å². The Kier molecular flexibility index (Phi) is 8.55. The summed E-state index contributed by atoms with van der Waals surface area (Å²) < 4.78 is 5.34. The van der Waals surface area contributed by atoms with Gasteiger partial charge in [-0.25, -0.2) is 4.79 Å². The molecule has 0 atom stereocenters. The van der Waals surface area contributed by atoms with E-state index in [0.717, 1.165) is 32.2 Å². The van der Waals surface area contributed by atoms with Crippen LogP contribution < -0.4 is 10.6 Å². The molecule has 24 heavy (non-hydrogen) atoms. The lowest BCUT2D eigenvalue weighted by molar-refractivity contribution is 0.0489. The molecule has 1 rings (SSSR count). The smallest absolute Gasteiger partial charge is 0.407 e. The molecule has 1 fully saturated rings. The number of hydrogen-bond acceptors (Lipinski definition) is 3. The molecule has 1 saturated carbocycles. The van der Waals surface area contributed by atoms with Crippen LogP contribution in [0.5, 0.6) is 0 Å². The first-order valence-electron chi connectivity index (χ1n) is 9.84. The quantitative estimate of drug-likeness (QED) is 0.610. The van der Waals surface area contributed by atoms with Gasteiger partial charge in [0, 0.05) is 18.6 Å². The first kappa shape index (κ1) is 21.3. The molecular weight excluding hydrogens is 300 g/mol. The molecule has 0 spiro atoms. The lowest BCUT2D eigenvalue weighted by Crippen LogP contribution is -2.45. The number of carbonyl (C=O) groups excluding carboxylic acids is 1. The number of unbranched alkanes of at least 4 members (excludes halogenated alkanes) is 2. The second kappa shape index (κ2) is 9.65. The Morgan fingerprint density at radius 3 is 2.12 bits per heavy atom. The largest absolute Gasteiger partial charge is 0.444 e. The lowest BCUT2D eigenvalue weighted by Gasteiger charge is -2.33. The summed E-state index contributed by atoms with van der Waals surface area (Å²) in [5, 5.41) is 6.77. The summed E-state index contributed by atoms with van der Waals surface area (Å²) in [5.41, 5.74) is -0.0486. The summed E-state index contributed by atoms with van der Waals surface area (Å²) in [5.74, 6) is 0. The van der Waals surface area contributed by atoms with Crippen LogP contribution in [-0.4, -0.2) is 30.3 Å². The molecule has 0 aliphatic heterocycles. The van der Waals surface area contributed by atoms with E-state index in [0.29, 0.717) is 11.5 Å². The van der Waals surface area contributed by atoms with Crippen molar-refractivity contribution in [3.05, 3.63) is 0 Å². The molecule has 4 nitrogen and oxygen atoms in total. The van der Waals surface area contributed by atoms with Crippen molar-refractivity contribution >= 4 is 6.09 Å². The fourth-order valence-corrected chi connectivity index (χ4v) is 3.28. The number of alkyl carbamates (subject to hydrolysis) is 1. The van der Waals surface area contributed by atoms with E-state index in [4.69, 9.17) is 4.74 Å². The van der Waals surface area contributed by atoms with Gasteiger partial charge in [0.2, 0.25) is 0 Å². The molecule has 2 N–H and O–H groups in total. The van der Waals surface area contributed by atoms with Gasteiger partial charge in [-0.2, -0.15) is 0 Å². The van der Waals surface area contributed by atoms with Gasteiger partial charge in [-0.15, -0.1) is 0 Å². The van der Waals surface area contributed by atoms with Crippen molar-refractivity contribution in [2.24, 2.45) is 5.41 Å². The fourth-order valence-electron chi connectivity index (χ4n) is 3.28. The van der Waals surface area contributed by atoms with E-state index in [1.165, 1.54) is 25.7 Å². The number of ether oxygens (including phenoxy) is 1. The summed E-state index contributed by atoms with van der Waals surface area (Å²) in [6.07, 6.45) is 9.30. The highest BCUT2D eigenvalue weighted by molar-refractivity contribution is 5.68. The predicted molar refractivity (Wildman–Crippen MR) is 101 cm³/mol. The van der Waals surface area contributed by atoms with Gasteiger partial charge in [-0.1, -0.05) is 40.0 Å². The van der Waals surface area contributed by atoms with E-state index in [2.05, 4.69) is 31.4 Å². The zero-order valence-electron chi connectivity index (χ0n) is 16.8. The van der Waals surface area contributed by atoms with Crippen LogP contribution in [0.25, 0.3) is 0 Å². The van der Waals surface area contributed by atoms with Crippen LogP contribution in [0.3, 0.4) is 0 Å². The van der Waals surface area contributed by atoms with Gasteiger partial charge in [0.25, 0.3) is 0 Å². The van der Waals surface area contributed by atoms with Crippen molar-refractivity contribution in [3.63, 3.8) is 0 Å². The number of nitrogens with one attached hydrogen (secondary N) is 2. The average Bonchev–Trinajstić information content (AvgIpc) is 2.45. The highest BCUT2D eigenvalue weighted by Gasteiger charge is 2.26. The monoisotopic (exact) mass is 340 g/mol. The van der Waals surface area contributed by atoms with Gasteiger partial charge < -0.3 is 15.4 Å². The van der Waals surface area contributed by atoms with Gasteiger partial charge in [0.05, 0.1) is 0 Å². The molecule has 1 aliphatic rings. The van der Waals surface area contributed by atoms with Crippen LogP contribution in [0.4, 0.5) is 4.79 Å². The predicted octanol–water partition coefficient (Wildman–Crippen LogP) is 5.02. The third-order valence-corrected chi connectivity index (χ3v) is 4.77. The van der Waals surface area contributed by atoms with E-state index in [-0.39, 0.29) is 12.1 Å². The Morgan fingerprint density at radius 2 is 1.58 bits per heavy atom. The molecule has 0 aromatic rings. The van der Waals surface area contributed by atoms with Crippen molar-refractivity contribution in [1.82, 2.24) is 10.6 Å². The Hall–Kier alpha value is -0.770. The molecule has 142 valence electrons. The number of hydrogen-bond donors (Lipinski definition) is 2. The van der Waals surface area contributed by atoms with Crippen molar-refractivity contribution < 1.29 is 9.53 Å². The summed E-state index contributed by atoms with van der Waals surface area (Å²) in [4.78, 5) is 11.8. The molecule has 0 aromatic carbocycles. The maximum Gasteiger partial charge on any atom is 0.407 e. The Balaban J connectivity index is 2.22. The normalized spacial score (nSPS) is 22.2. The summed E-state index contributed by atoms with van der Waals surface area (Å²) in [6, 6.07) is 0.850. The van der Waals surface area contributed by atoms with Crippen molar-refractivity contribution in [3.8, 4) is 0 Å². The minimum absolute atomic E-state index is 0.260. The van der Waals surface area contributed by atoms with Crippen molar-refractivity contribution in [2.45, 2.75) is 111 Å².